The van der Waals surface area contributed by atoms with Crippen LogP contribution in [0.1, 0.15) is 111 Å². The third kappa shape index (κ3) is 12.9. The molecule has 0 radical (unpaired) electrons. The molecule has 1 amide bonds. The van der Waals surface area contributed by atoms with Crippen LogP contribution < -0.4 is 12.4 Å². The third-order valence-corrected chi connectivity index (χ3v) is 5.74. The Morgan fingerprint density at radius 3 is 1.61 bits per heavy atom. The topological polar surface area (TPSA) is 57.5 Å². The molecule has 4 nitrogen and oxygen atoms in total. The Morgan fingerprint density at radius 1 is 0.786 bits per heavy atom. The monoisotopic (exact) mass is 419 g/mol. The van der Waals surface area contributed by atoms with Gasteiger partial charge >= 0.3 is 5.91 Å². The van der Waals surface area contributed by atoms with Crippen LogP contribution in [0.15, 0.2) is 12.2 Å². The van der Waals surface area contributed by atoms with Crippen LogP contribution in [0.3, 0.4) is 0 Å². The fourth-order valence-electron chi connectivity index (χ4n) is 3.32. The Morgan fingerprint density at radius 2 is 1.18 bits per heavy atom. The first-order valence-corrected chi connectivity index (χ1v) is 11.3. The number of nitrogens with zero attached hydrogens (tertiary/aromatic N) is 1. The van der Waals surface area contributed by atoms with E-state index in [1.54, 1.807) is 20.9 Å². The number of aliphatic hydroxyl groups excluding tert-OH is 2. The van der Waals surface area contributed by atoms with Gasteiger partial charge in [-0.2, -0.15) is 0 Å². The van der Waals surface area contributed by atoms with Crippen molar-refractivity contribution in [2.75, 3.05) is 7.05 Å². The van der Waals surface area contributed by atoms with Crippen molar-refractivity contribution in [2.45, 2.75) is 123 Å². The van der Waals surface area contributed by atoms with Crippen LogP contribution >= 0.6 is 0 Å². The highest BCUT2D eigenvalue weighted by atomic mass is 35.5. The maximum absolute atomic E-state index is 12.3. The average molecular weight is 420 g/mol. The molecule has 0 aromatic rings. The summed E-state index contributed by atoms with van der Waals surface area (Å²) in [6, 6.07) is 0. The number of aliphatic hydroxyl groups is 2. The lowest BCUT2D eigenvalue weighted by Crippen LogP contribution is -3.00. The van der Waals surface area contributed by atoms with Gasteiger partial charge in [-0.05, 0) is 32.1 Å². The third-order valence-electron chi connectivity index (χ3n) is 5.74. The van der Waals surface area contributed by atoms with Crippen LogP contribution in [0.2, 0.25) is 0 Å². The van der Waals surface area contributed by atoms with E-state index in [0.29, 0.717) is 6.42 Å². The van der Waals surface area contributed by atoms with Crippen LogP contribution in [0, 0.1) is 0 Å². The van der Waals surface area contributed by atoms with E-state index in [4.69, 9.17) is 0 Å². The van der Waals surface area contributed by atoms with E-state index < -0.39 is 12.5 Å². The second kappa shape index (κ2) is 18.6. The van der Waals surface area contributed by atoms with Gasteiger partial charge in [0.05, 0.1) is 13.5 Å². The van der Waals surface area contributed by atoms with Gasteiger partial charge in [0.2, 0.25) is 0 Å². The summed E-state index contributed by atoms with van der Waals surface area (Å²) in [5.74, 6) is -0.0855. The molecule has 5 heteroatoms. The van der Waals surface area contributed by atoms with Crippen LogP contribution in [0.5, 0.6) is 0 Å². The van der Waals surface area contributed by atoms with Gasteiger partial charge < -0.3 is 22.6 Å². The molecule has 0 rings (SSSR count). The first kappa shape index (κ1) is 29.8. The highest BCUT2D eigenvalue weighted by molar-refractivity contribution is 5.69. The molecule has 2 N–H and O–H groups in total. The number of rotatable bonds is 17. The highest BCUT2D eigenvalue weighted by Crippen LogP contribution is 2.18. The summed E-state index contributed by atoms with van der Waals surface area (Å²) in [5.41, 5.74) is 0. The summed E-state index contributed by atoms with van der Waals surface area (Å²) < 4.78 is -0.316. The smallest absolute Gasteiger partial charge is 0.317 e. The van der Waals surface area contributed by atoms with Gasteiger partial charge in [-0.3, -0.25) is 0 Å². The zero-order valence-electron chi connectivity index (χ0n) is 18.8. The van der Waals surface area contributed by atoms with Crippen molar-refractivity contribution in [1.29, 1.82) is 0 Å². The molecule has 0 aliphatic heterocycles. The average Bonchev–Trinajstić information content (AvgIpc) is 2.63. The van der Waals surface area contributed by atoms with Crippen molar-refractivity contribution in [3.8, 4) is 0 Å². The van der Waals surface area contributed by atoms with E-state index in [1.165, 1.54) is 57.8 Å². The summed E-state index contributed by atoms with van der Waals surface area (Å²) in [5, 5.41) is 19.6. The predicted octanol–water partition coefficient (Wildman–Crippen LogP) is 2.68. The second-order valence-electron chi connectivity index (χ2n) is 8.14. The van der Waals surface area contributed by atoms with E-state index in [9.17, 15) is 15.0 Å². The van der Waals surface area contributed by atoms with Crippen molar-refractivity contribution in [2.24, 2.45) is 0 Å². The molecule has 28 heavy (non-hydrogen) atoms. The molecule has 0 bridgehead atoms. The number of unbranched alkanes of at least 4 members (excludes halogenated alkanes) is 11. The fraction of sp³-hybridized carbons (Fsp3) is 0.870. The highest BCUT2D eigenvalue weighted by Gasteiger charge is 2.40. The number of quaternary nitrogens is 1. The Bertz CT molecular complexity index is 389. The molecule has 0 aromatic heterocycles. The number of hydrogen-bond donors (Lipinski definition) is 2. The maximum atomic E-state index is 12.3. The Kier molecular flexibility index (Phi) is 19.8. The van der Waals surface area contributed by atoms with E-state index in [2.05, 4.69) is 19.1 Å². The molecule has 0 saturated heterocycles. The molecule has 0 heterocycles. The second-order valence-corrected chi connectivity index (χ2v) is 8.14. The van der Waals surface area contributed by atoms with Gasteiger partial charge in [0, 0.05) is 13.8 Å². The molecule has 0 saturated carbocycles. The van der Waals surface area contributed by atoms with Gasteiger partial charge in [0.1, 0.15) is 0 Å². The lowest BCUT2D eigenvalue weighted by molar-refractivity contribution is -0.924. The van der Waals surface area contributed by atoms with Crippen molar-refractivity contribution in [1.82, 2.24) is 0 Å². The van der Waals surface area contributed by atoms with Crippen LogP contribution in [0.4, 0.5) is 0 Å². The number of carbonyl (C=O) groups is 1. The Labute approximate surface area is 180 Å². The van der Waals surface area contributed by atoms with E-state index in [1.807, 2.05) is 0 Å². The summed E-state index contributed by atoms with van der Waals surface area (Å²) in [4.78, 5) is 12.3. The number of carbonyl (C=O) groups excluding carboxylic acids is 1. The summed E-state index contributed by atoms with van der Waals surface area (Å²) in [6.45, 7) is 5.38. The normalized spacial score (nSPS) is 15.8. The maximum Gasteiger partial charge on any atom is 0.317 e. The van der Waals surface area contributed by atoms with Gasteiger partial charge in [0.25, 0.3) is 0 Å². The largest absolute Gasteiger partial charge is 1.00 e. The number of halogens is 1. The van der Waals surface area contributed by atoms with E-state index >= 15 is 0 Å². The minimum Gasteiger partial charge on any atom is -1.00 e. The van der Waals surface area contributed by atoms with E-state index in [-0.39, 0.29) is 22.8 Å². The molecule has 2 atom stereocenters. The molecular weight excluding hydrogens is 374 g/mol. The SMILES string of the molecule is CCCCCCCCC=CCCCCCCCC(=O)[N+](C)(C(C)O)C(C)O.[Cl-]. The standard InChI is InChI=1S/C23H46NO3.ClH/c1-5-6-7-8-9-10-11-12-13-14-15-16-17-18-19-20-23(27)24(4,21(2)25)22(3)26;/h12-13,21-22,25-26H,5-11,14-20H2,1-4H3;1H/q+1;/p-1. The lowest BCUT2D eigenvalue weighted by Gasteiger charge is -2.36. The van der Waals surface area contributed by atoms with Gasteiger partial charge in [-0.1, -0.05) is 70.4 Å². The van der Waals surface area contributed by atoms with Crippen LogP contribution in [0.25, 0.3) is 0 Å². The molecule has 0 aliphatic rings. The summed E-state index contributed by atoms with van der Waals surface area (Å²) in [7, 11) is 1.61. The minimum absolute atomic E-state index is 0. The summed E-state index contributed by atoms with van der Waals surface area (Å²) >= 11 is 0. The van der Waals surface area contributed by atoms with E-state index in [0.717, 1.165) is 25.7 Å². The number of allylic oxidation sites excluding steroid dienone is 2. The van der Waals surface area contributed by atoms with Gasteiger partial charge in [0.15, 0.2) is 12.5 Å². The van der Waals surface area contributed by atoms with Crippen molar-refractivity contribution >= 4 is 5.91 Å². The van der Waals surface area contributed by atoms with Crippen LogP contribution in [-0.4, -0.2) is 40.1 Å². The Balaban J connectivity index is 0. The number of hydrogen-bond acceptors (Lipinski definition) is 3. The molecule has 2 unspecified atom stereocenters. The fourth-order valence-corrected chi connectivity index (χ4v) is 3.32. The quantitative estimate of drug-likeness (QED) is 0.165. The lowest BCUT2D eigenvalue weighted by atomic mass is 10.1. The molecule has 0 spiro atoms. The molecule has 168 valence electrons. The zero-order chi connectivity index (χ0) is 20.5. The van der Waals surface area contributed by atoms with Crippen molar-refractivity contribution < 1.29 is 31.9 Å². The van der Waals surface area contributed by atoms with Crippen molar-refractivity contribution in [3.63, 3.8) is 0 Å². The van der Waals surface area contributed by atoms with Gasteiger partial charge in [-0.15, -0.1) is 0 Å². The minimum atomic E-state index is -0.888. The molecule has 0 aromatic carbocycles. The number of amides is 1. The summed E-state index contributed by atoms with van der Waals surface area (Å²) in [6.07, 6.45) is 19.3. The molecule has 0 aliphatic carbocycles. The first-order valence-electron chi connectivity index (χ1n) is 11.3. The zero-order valence-corrected chi connectivity index (χ0v) is 19.6. The first-order chi connectivity index (χ1) is 12.9. The van der Waals surface area contributed by atoms with Crippen LogP contribution in [-0.2, 0) is 4.79 Å². The molecule has 0 fully saturated rings. The Hall–Kier alpha value is -0.420. The predicted molar refractivity (Wildman–Crippen MR) is 114 cm³/mol. The molecular formula is C23H46ClNO3. The van der Waals surface area contributed by atoms with Crippen molar-refractivity contribution in [3.05, 3.63) is 12.2 Å². The van der Waals surface area contributed by atoms with Gasteiger partial charge in [-0.25, -0.2) is 9.28 Å².